The number of nitrogens with two attached hydrogens (primary N) is 1. The Kier molecular flexibility index (Phi) is 4.20. The summed E-state index contributed by atoms with van der Waals surface area (Å²) in [5.74, 6) is -0.0758. The van der Waals surface area contributed by atoms with Gasteiger partial charge in [0.2, 0.25) is 0 Å². The Morgan fingerprint density at radius 1 is 1.41 bits per heavy atom. The largest absolute Gasteiger partial charge is 0.398 e. The van der Waals surface area contributed by atoms with Crippen LogP contribution in [-0.2, 0) is 0 Å². The van der Waals surface area contributed by atoms with E-state index >= 15 is 0 Å². The van der Waals surface area contributed by atoms with Crippen molar-refractivity contribution in [1.82, 2.24) is 5.32 Å². The van der Waals surface area contributed by atoms with E-state index in [2.05, 4.69) is 42.0 Å². The Bertz CT molecular complexity index is 424. The molecule has 1 amide bonds. The van der Waals surface area contributed by atoms with Crippen molar-refractivity contribution in [3.05, 3.63) is 28.2 Å². The highest BCUT2D eigenvalue weighted by Crippen LogP contribution is 2.22. The molecule has 0 bridgehead atoms. The standard InChI is InChI=1S/C13H19BrN2O/c1-8(13(2,3)4)16-12(17)9-5-6-11(15)10(14)7-9/h5-8H,15H2,1-4H3,(H,16,17). The number of benzene rings is 1. The van der Waals surface area contributed by atoms with Crippen LogP contribution in [0.25, 0.3) is 0 Å². The molecule has 3 nitrogen and oxygen atoms in total. The average molecular weight is 299 g/mol. The highest BCUT2D eigenvalue weighted by molar-refractivity contribution is 9.10. The number of hydrogen-bond donors (Lipinski definition) is 2. The molecule has 4 heteroatoms. The topological polar surface area (TPSA) is 55.1 Å². The quantitative estimate of drug-likeness (QED) is 0.824. The van der Waals surface area contributed by atoms with Gasteiger partial charge < -0.3 is 11.1 Å². The summed E-state index contributed by atoms with van der Waals surface area (Å²) in [5, 5.41) is 2.98. The Balaban J connectivity index is 2.80. The second kappa shape index (κ2) is 5.08. The molecule has 0 aliphatic rings. The van der Waals surface area contributed by atoms with Gasteiger partial charge in [-0.05, 0) is 46.5 Å². The molecule has 1 rings (SSSR count). The monoisotopic (exact) mass is 298 g/mol. The summed E-state index contributed by atoms with van der Waals surface area (Å²) >= 11 is 3.32. The summed E-state index contributed by atoms with van der Waals surface area (Å²) < 4.78 is 0.744. The first-order valence-electron chi connectivity index (χ1n) is 5.57. The van der Waals surface area contributed by atoms with Gasteiger partial charge in [-0.1, -0.05) is 20.8 Å². The number of nitrogens with one attached hydrogen (secondary N) is 1. The van der Waals surface area contributed by atoms with Gasteiger partial charge in [0, 0.05) is 21.8 Å². The first-order chi connectivity index (χ1) is 7.71. The van der Waals surface area contributed by atoms with Crippen LogP contribution in [0, 0.1) is 5.41 Å². The first-order valence-corrected chi connectivity index (χ1v) is 6.37. The van der Waals surface area contributed by atoms with E-state index in [0.29, 0.717) is 11.3 Å². The van der Waals surface area contributed by atoms with Gasteiger partial charge >= 0.3 is 0 Å². The molecule has 0 aromatic heterocycles. The minimum Gasteiger partial charge on any atom is -0.398 e. The molecule has 1 aromatic rings. The molecule has 1 aromatic carbocycles. The molecule has 3 N–H and O–H groups in total. The van der Waals surface area contributed by atoms with Crippen LogP contribution in [-0.4, -0.2) is 11.9 Å². The summed E-state index contributed by atoms with van der Waals surface area (Å²) in [6.07, 6.45) is 0. The number of rotatable bonds is 2. The minimum absolute atomic E-state index is 0.0424. The number of amides is 1. The molecule has 0 saturated carbocycles. The van der Waals surface area contributed by atoms with Crippen LogP contribution in [0.1, 0.15) is 38.1 Å². The third kappa shape index (κ3) is 3.73. The van der Waals surface area contributed by atoms with Gasteiger partial charge in [-0.15, -0.1) is 0 Å². The predicted octanol–water partition coefficient (Wildman–Crippen LogP) is 3.20. The Labute approximate surface area is 111 Å². The number of halogens is 1. The van der Waals surface area contributed by atoms with Crippen molar-refractivity contribution < 1.29 is 4.79 Å². The van der Waals surface area contributed by atoms with Gasteiger partial charge in [0.05, 0.1) is 0 Å². The van der Waals surface area contributed by atoms with Crippen molar-refractivity contribution in [3.8, 4) is 0 Å². The molecule has 1 unspecified atom stereocenters. The second-order valence-corrected chi connectivity index (χ2v) is 6.15. The average Bonchev–Trinajstić information content (AvgIpc) is 2.20. The third-order valence-electron chi connectivity index (χ3n) is 2.91. The molecule has 17 heavy (non-hydrogen) atoms. The molecule has 0 spiro atoms. The van der Waals surface area contributed by atoms with Gasteiger partial charge in [0.25, 0.3) is 5.91 Å². The summed E-state index contributed by atoms with van der Waals surface area (Å²) in [7, 11) is 0. The van der Waals surface area contributed by atoms with Gasteiger partial charge in [-0.25, -0.2) is 0 Å². The third-order valence-corrected chi connectivity index (χ3v) is 3.60. The number of hydrogen-bond acceptors (Lipinski definition) is 2. The van der Waals surface area contributed by atoms with E-state index in [9.17, 15) is 4.79 Å². The first kappa shape index (κ1) is 14.0. The number of carbonyl (C=O) groups is 1. The lowest BCUT2D eigenvalue weighted by atomic mass is 9.88. The lowest BCUT2D eigenvalue weighted by Gasteiger charge is -2.28. The maximum Gasteiger partial charge on any atom is 0.251 e. The second-order valence-electron chi connectivity index (χ2n) is 5.30. The highest BCUT2D eigenvalue weighted by Gasteiger charge is 2.22. The predicted molar refractivity (Wildman–Crippen MR) is 74.9 cm³/mol. The molecule has 0 radical (unpaired) electrons. The van der Waals surface area contributed by atoms with E-state index in [1.165, 1.54) is 0 Å². The van der Waals surface area contributed by atoms with E-state index in [1.54, 1.807) is 18.2 Å². The van der Waals surface area contributed by atoms with E-state index in [-0.39, 0.29) is 17.4 Å². The molecule has 0 fully saturated rings. The summed E-state index contributed by atoms with van der Waals surface area (Å²) in [4.78, 5) is 12.0. The van der Waals surface area contributed by atoms with Gasteiger partial charge in [-0.2, -0.15) is 0 Å². The van der Waals surface area contributed by atoms with E-state index < -0.39 is 0 Å². The summed E-state index contributed by atoms with van der Waals surface area (Å²) in [6.45, 7) is 8.29. The zero-order valence-electron chi connectivity index (χ0n) is 10.7. The van der Waals surface area contributed by atoms with Crippen molar-refractivity contribution in [2.75, 3.05) is 5.73 Å². The fourth-order valence-corrected chi connectivity index (χ4v) is 1.54. The molecular formula is C13H19BrN2O. The van der Waals surface area contributed by atoms with Crippen LogP contribution in [0.5, 0.6) is 0 Å². The van der Waals surface area contributed by atoms with Crippen LogP contribution in [0.15, 0.2) is 22.7 Å². The van der Waals surface area contributed by atoms with Gasteiger partial charge in [-0.3, -0.25) is 4.79 Å². The smallest absolute Gasteiger partial charge is 0.251 e. The van der Waals surface area contributed by atoms with Crippen molar-refractivity contribution >= 4 is 27.5 Å². The Morgan fingerprint density at radius 2 is 2.00 bits per heavy atom. The zero-order valence-corrected chi connectivity index (χ0v) is 12.3. The number of carbonyl (C=O) groups excluding carboxylic acids is 1. The molecule has 0 aliphatic heterocycles. The normalized spacial score (nSPS) is 13.2. The van der Waals surface area contributed by atoms with E-state index in [1.807, 2.05) is 6.92 Å². The SMILES string of the molecule is CC(NC(=O)c1ccc(N)c(Br)c1)C(C)(C)C. The van der Waals surface area contributed by atoms with Crippen molar-refractivity contribution in [3.63, 3.8) is 0 Å². The maximum absolute atomic E-state index is 12.0. The van der Waals surface area contributed by atoms with Crippen LogP contribution < -0.4 is 11.1 Å². The lowest BCUT2D eigenvalue weighted by Crippen LogP contribution is -2.41. The van der Waals surface area contributed by atoms with Crippen molar-refractivity contribution in [2.24, 2.45) is 5.41 Å². The molecule has 0 heterocycles. The highest BCUT2D eigenvalue weighted by atomic mass is 79.9. The van der Waals surface area contributed by atoms with Crippen LogP contribution in [0.3, 0.4) is 0 Å². The van der Waals surface area contributed by atoms with Crippen molar-refractivity contribution in [1.29, 1.82) is 0 Å². The van der Waals surface area contributed by atoms with E-state index in [4.69, 9.17) is 5.73 Å². The molecular weight excluding hydrogens is 280 g/mol. The van der Waals surface area contributed by atoms with Crippen LogP contribution in [0.2, 0.25) is 0 Å². The molecule has 94 valence electrons. The summed E-state index contributed by atoms with van der Waals surface area (Å²) in [5.41, 5.74) is 6.97. The van der Waals surface area contributed by atoms with Crippen molar-refractivity contribution in [2.45, 2.75) is 33.7 Å². The Morgan fingerprint density at radius 3 is 2.47 bits per heavy atom. The zero-order chi connectivity index (χ0) is 13.2. The van der Waals surface area contributed by atoms with Crippen LogP contribution >= 0.6 is 15.9 Å². The maximum atomic E-state index is 12.0. The Hall–Kier alpha value is -1.03. The fourth-order valence-electron chi connectivity index (χ4n) is 1.16. The summed E-state index contributed by atoms with van der Waals surface area (Å²) in [6, 6.07) is 5.29. The molecule has 0 saturated heterocycles. The lowest BCUT2D eigenvalue weighted by molar-refractivity contribution is 0.0910. The van der Waals surface area contributed by atoms with Gasteiger partial charge in [0.15, 0.2) is 0 Å². The minimum atomic E-state index is -0.0758. The number of nitrogen functional groups attached to an aromatic ring is 1. The molecule has 0 aliphatic carbocycles. The van der Waals surface area contributed by atoms with Crippen LogP contribution in [0.4, 0.5) is 5.69 Å². The molecule has 1 atom stereocenters. The van der Waals surface area contributed by atoms with Gasteiger partial charge in [0.1, 0.15) is 0 Å². The fraction of sp³-hybridized carbons (Fsp3) is 0.462. The van der Waals surface area contributed by atoms with E-state index in [0.717, 1.165) is 4.47 Å². The number of anilines is 1.